The summed E-state index contributed by atoms with van der Waals surface area (Å²) in [6, 6.07) is 0.393. The Labute approximate surface area is 114 Å². The highest BCUT2D eigenvalue weighted by atomic mass is 16.2. The number of hydrogen-bond donors (Lipinski definition) is 1. The highest BCUT2D eigenvalue weighted by molar-refractivity contribution is 5.94. The molecule has 0 bridgehead atoms. The Morgan fingerprint density at radius 3 is 2.37 bits per heavy atom. The van der Waals surface area contributed by atoms with Crippen LogP contribution in [-0.4, -0.2) is 34.3 Å². The maximum atomic E-state index is 13.0. The van der Waals surface area contributed by atoms with Gasteiger partial charge in [0, 0.05) is 18.5 Å². The average Bonchev–Trinajstić information content (AvgIpc) is 3.08. The van der Waals surface area contributed by atoms with Crippen molar-refractivity contribution in [3.8, 4) is 0 Å². The maximum absolute atomic E-state index is 13.0. The van der Waals surface area contributed by atoms with E-state index in [0.29, 0.717) is 18.4 Å². The molecule has 2 saturated carbocycles. The summed E-state index contributed by atoms with van der Waals surface area (Å²) in [6.07, 6.45) is 7.21. The summed E-state index contributed by atoms with van der Waals surface area (Å²) in [5, 5.41) is 3.02. The van der Waals surface area contributed by atoms with E-state index in [2.05, 4.69) is 5.32 Å². The lowest BCUT2D eigenvalue weighted by atomic mass is 9.93. The summed E-state index contributed by atoms with van der Waals surface area (Å²) in [6.45, 7) is 3.96. The lowest BCUT2D eigenvalue weighted by molar-refractivity contribution is -0.142. The fourth-order valence-corrected chi connectivity index (χ4v) is 3.87. The smallest absolute Gasteiger partial charge is 0.248 e. The molecule has 2 unspecified atom stereocenters. The van der Waals surface area contributed by atoms with Crippen molar-refractivity contribution in [1.29, 1.82) is 0 Å². The van der Waals surface area contributed by atoms with Gasteiger partial charge in [-0.15, -0.1) is 0 Å². The first-order chi connectivity index (χ1) is 9.02. The van der Waals surface area contributed by atoms with Crippen LogP contribution in [0.2, 0.25) is 0 Å². The van der Waals surface area contributed by atoms with Gasteiger partial charge in [0.15, 0.2) is 0 Å². The van der Waals surface area contributed by atoms with Crippen LogP contribution in [0.15, 0.2) is 0 Å². The van der Waals surface area contributed by atoms with Gasteiger partial charge in [-0.25, -0.2) is 0 Å². The second kappa shape index (κ2) is 4.50. The van der Waals surface area contributed by atoms with Gasteiger partial charge in [-0.3, -0.25) is 9.59 Å². The molecule has 19 heavy (non-hydrogen) atoms. The second-order valence-corrected chi connectivity index (χ2v) is 6.73. The number of carbonyl (C=O) groups is 2. The summed E-state index contributed by atoms with van der Waals surface area (Å²) in [5.74, 6) is 0.550. The van der Waals surface area contributed by atoms with Crippen molar-refractivity contribution in [1.82, 2.24) is 10.2 Å². The predicted molar refractivity (Wildman–Crippen MR) is 72.5 cm³/mol. The van der Waals surface area contributed by atoms with E-state index in [1.165, 1.54) is 12.8 Å². The van der Waals surface area contributed by atoms with Gasteiger partial charge in [0.25, 0.3) is 0 Å². The van der Waals surface area contributed by atoms with Gasteiger partial charge in [0.2, 0.25) is 11.8 Å². The number of nitrogens with zero attached hydrogens (tertiary/aromatic N) is 1. The van der Waals surface area contributed by atoms with Gasteiger partial charge in [0.05, 0.1) is 0 Å². The molecule has 4 heteroatoms. The van der Waals surface area contributed by atoms with Gasteiger partial charge in [0.1, 0.15) is 5.54 Å². The zero-order valence-corrected chi connectivity index (χ0v) is 11.9. The Morgan fingerprint density at radius 2 is 1.79 bits per heavy atom. The van der Waals surface area contributed by atoms with Crippen LogP contribution >= 0.6 is 0 Å². The van der Waals surface area contributed by atoms with E-state index in [1.807, 2.05) is 18.7 Å². The summed E-state index contributed by atoms with van der Waals surface area (Å²) >= 11 is 0. The van der Waals surface area contributed by atoms with Crippen molar-refractivity contribution in [2.24, 2.45) is 5.92 Å². The van der Waals surface area contributed by atoms with Gasteiger partial charge in [-0.2, -0.15) is 0 Å². The molecule has 0 aromatic heterocycles. The van der Waals surface area contributed by atoms with E-state index < -0.39 is 5.54 Å². The number of nitrogens with one attached hydrogen (secondary N) is 1. The lowest BCUT2D eigenvalue weighted by Crippen LogP contribution is -2.59. The highest BCUT2D eigenvalue weighted by Crippen LogP contribution is 2.43. The largest absolute Gasteiger partial charge is 0.342 e. The van der Waals surface area contributed by atoms with Crippen molar-refractivity contribution >= 4 is 11.8 Å². The fraction of sp³-hybridized carbons (Fsp3) is 0.867. The molecule has 1 aliphatic heterocycles. The van der Waals surface area contributed by atoms with Crippen LogP contribution in [-0.2, 0) is 9.59 Å². The minimum Gasteiger partial charge on any atom is -0.342 e. The predicted octanol–water partition coefficient (Wildman–Crippen LogP) is 1.83. The monoisotopic (exact) mass is 264 g/mol. The molecule has 2 atom stereocenters. The molecule has 1 N–H and O–H groups in total. The first kappa shape index (κ1) is 12.9. The van der Waals surface area contributed by atoms with Crippen LogP contribution in [0.5, 0.6) is 0 Å². The number of hydrogen-bond acceptors (Lipinski definition) is 2. The van der Waals surface area contributed by atoms with Crippen LogP contribution in [0.25, 0.3) is 0 Å². The third-order valence-electron chi connectivity index (χ3n) is 5.15. The standard InChI is InChI=1S/C15H24N2O2/c1-10-9-13(18)16-15(2,11-7-8-11)14(19)17(10)12-5-3-4-6-12/h10-12H,3-9H2,1-2H3,(H,16,18). The lowest BCUT2D eigenvalue weighted by Gasteiger charge is -2.38. The first-order valence-corrected chi connectivity index (χ1v) is 7.66. The Balaban J connectivity index is 1.91. The minimum absolute atomic E-state index is 0.0377. The minimum atomic E-state index is -0.648. The number of amides is 2. The third-order valence-corrected chi connectivity index (χ3v) is 5.15. The first-order valence-electron chi connectivity index (χ1n) is 7.66. The molecule has 3 fully saturated rings. The zero-order chi connectivity index (χ0) is 13.6. The summed E-state index contributed by atoms with van der Waals surface area (Å²) in [5.41, 5.74) is -0.648. The maximum Gasteiger partial charge on any atom is 0.248 e. The number of carbonyl (C=O) groups excluding carboxylic acids is 2. The Hall–Kier alpha value is -1.06. The van der Waals surface area contributed by atoms with Crippen molar-refractivity contribution in [2.75, 3.05) is 0 Å². The van der Waals surface area contributed by atoms with Crippen molar-refractivity contribution in [3.63, 3.8) is 0 Å². The van der Waals surface area contributed by atoms with Crippen LogP contribution in [0, 0.1) is 5.92 Å². The van der Waals surface area contributed by atoms with E-state index >= 15 is 0 Å². The summed E-state index contributed by atoms with van der Waals surface area (Å²) in [7, 11) is 0. The van der Waals surface area contributed by atoms with Crippen molar-refractivity contribution in [2.45, 2.75) is 76.4 Å². The van der Waals surface area contributed by atoms with E-state index in [4.69, 9.17) is 0 Å². The zero-order valence-electron chi connectivity index (χ0n) is 11.9. The molecule has 3 aliphatic rings. The molecule has 4 nitrogen and oxygen atoms in total. The molecule has 106 valence electrons. The van der Waals surface area contributed by atoms with Gasteiger partial charge in [-0.1, -0.05) is 12.8 Å². The molecule has 2 amide bonds. The van der Waals surface area contributed by atoms with E-state index in [9.17, 15) is 9.59 Å². The molecule has 0 aromatic rings. The van der Waals surface area contributed by atoms with Crippen LogP contribution in [0.3, 0.4) is 0 Å². The van der Waals surface area contributed by atoms with Crippen LogP contribution < -0.4 is 5.32 Å². The molecule has 1 saturated heterocycles. The molecule has 3 rings (SSSR count). The van der Waals surface area contributed by atoms with E-state index in [-0.39, 0.29) is 17.9 Å². The Bertz CT molecular complexity index is 399. The summed E-state index contributed by atoms with van der Waals surface area (Å²) < 4.78 is 0. The third kappa shape index (κ3) is 2.15. The molecule has 1 heterocycles. The topological polar surface area (TPSA) is 49.4 Å². The van der Waals surface area contributed by atoms with E-state index in [1.54, 1.807) is 0 Å². The average molecular weight is 264 g/mol. The molecule has 0 spiro atoms. The molecule has 0 aromatic carbocycles. The second-order valence-electron chi connectivity index (χ2n) is 6.73. The molecular formula is C15H24N2O2. The van der Waals surface area contributed by atoms with Gasteiger partial charge >= 0.3 is 0 Å². The van der Waals surface area contributed by atoms with Gasteiger partial charge < -0.3 is 10.2 Å². The van der Waals surface area contributed by atoms with Gasteiger partial charge in [-0.05, 0) is 45.4 Å². The Morgan fingerprint density at radius 1 is 1.16 bits per heavy atom. The summed E-state index contributed by atoms with van der Waals surface area (Å²) in [4.78, 5) is 27.1. The molecular weight excluding hydrogens is 240 g/mol. The van der Waals surface area contributed by atoms with Crippen molar-refractivity contribution < 1.29 is 9.59 Å². The van der Waals surface area contributed by atoms with Crippen molar-refractivity contribution in [3.05, 3.63) is 0 Å². The highest BCUT2D eigenvalue weighted by Gasteiger charge is 2.53. The van der Waals surface area contributed by atoms with E-state index in [0.717, 1.165) is 25.7 Å². The molecule has 0 radical (unpaired) electrons. The van der Waals surface area contributed by atoms with Crippen LogP contribution in [0.1, 0.15) is 58.8 Å². The number of rotatable bonds is 2. The Kier molecular flexibility index (Phi) is 3.06. The van der Waals surface area contributed by atoms with Crippen LogP contribution in [0.4, 0.5) is 0 Å². The molecule has 2 aliphatic carbocycles. The fourth-order valence-electron chi connectivity index (χ4n) is 3.87. The normalized spacial score (nSPS) is 37.4. The quantitative estimate of drug-likeness (QED) is 0.827. The SMILES string of the molecule is CC1CC(=O)NC(C)(C2CC2)C(=O)N1C1CCCC1.